The van der Waals surface area contributed by atoms with E-state index >= 15 is 0 Å². The van der Waals surface area contributed by atoms with Crippen molar-refractivity contribution in [3.8, 4) is 5.69 Å². The molecule has 1 saturated heterocycles. The zero-order chi connectivity index (χ0) is 30.8. The molecule has 0 aliphatic carbocycles. The Kier molecular flexibility index (Phi) is 8.39. The standard InChI is InChI=1S/C33H39FN6O3/c1-22-10-12-23(13-11-22)40-28(20-27(38-40)32(2,3)4)36-31(42)37-33(5)17-14-29(35-21-33)43-24-15-18-39(19-16-24)30(41)25-8-6-7-9-26(25)34/h6-14,17,20,24H,15-16,18-19,21H2,1-5H3,(H2,36,37,42). The quantitative estimate of drug-likeness (QED) is 0.395. The maximum Gasteiger partial charge on any atom is 0.321 e. The number of nitrogens with one attached hydrogen (secondary N) is 2. The molecule has 0 spiro atoms. The minimum absolute atomic E-state index is 0.0894. The van der Waals surface area contributed by atoms with E-state index in [0.717, 1.165) is 16.9 Å². The van der Waals surface area contributed by atoms with Crippen LogP contribution in [0.3, 0.4) is 0 Å². The summed E-state index contributed by atoms with van der Waals surface area (Å²) in [5, 5.41) is 10.8. The molecule has 5 rings (SSSR count). The third-order valence-corrected chi connectivity index (χ3v) is 7.68. The first kappa shape index (κ1) is 30.0. The number of ether oxygens (including phenoxy) is 1. The fourth-order valence-electron chi connectivity index (χ4n) is 5.04. The molecule has 1 unspecified atom stereocenters. The van der Waals surface area contributed by atoms with Crippen LogP contribution in [0.2, 0.25) is 0 Å². The van der Waals surface area contributed by atoms with E-state index in [9.17, 15) is 14.0 Å². The summed E-state index contributed by atoms with van der Waals surface area (Å²) in [6.07, 6.45) is 4.79. The van der Waals surface area contributed by atoms with Gasteiger partial charge in [-0.2, -0.15) is 5.10 Å². The summed E-state index contributed by atoms with van der Waals surface area (Å²) in [6.45, 7) is 11.4. The summed E-state index contributed by atoms with van der Waals surface area (Å²) >= 11 is 0. The van der Waals surface area contributed by atoms with Gasteiger partial charge in [-0.1, -0.05) is 56.7 Å². The Morgan fingerprint density at radius 3 is 2.40 bits per heavy atom. The smallest absolute Gasteiger partial charge is 0.321 e. The lowest BCUT2D eigenvalue weighted by Crippen LogP contribution is -2.50. The lowest BCUT2D eigenvalue weighted by atomic mass is 9.92. The molecule has 2 aliphatic rings. The number of carbonyl (C=O) groups excluding carboxylic acids is 2. The highest BCUT2D eigenvalue weighted by molar-refractivity contribution is 5.94. The first-order chi connectivity index (χ1) is 20.4. The highest BCUT2D eigenvalue weighted by atomic mass is 19.1. The Bertz CT molecular complexity index is 1550. The number of amides is 3. The largest absolute Gasteiger partial charge is 0.474 e. The van der Waals surface area contributed by atoms with Gasteiger partial charge >= 0.3 is 6.03 Å². The van der Waals surface area contributed by atoms with Crippen LogP contribution in [0.15, 0.2) is 71.7 Å². The number of anilines is 1. The van der Waals surface area contributed by atoms with Crippen molar-refractivity contribution in [1.29, 1.82) is 0 Å². The van der Waals surface area contributed by atoms with E-state index in [2.05, 4.69) is 36.4 Å². The number of piperidine rings is 1. The van der Waals surface area contributed by atoms with Crippen LogP contribution in [-0.4, -0.2) is 63.8 Å². The molecule has 226 valence electrons. The number of aromatic nitrogens is 2. The number of aliphatic imine (C=N–C) groups is 1. The van der Waals surface area contributed by atoms with Gasteiger partial charge in [0.25, 0.3) is 5.91 Å². The highest BCUT2D eigenvalue weighted by Crippen LogP contribution is 2.27. The number of likely N-dealkylation sites (tertiary alicyclic amines) is 1. The number of benzene rings is 2. The predicted octanol–water partition coefficient (Wildman–Crippen LogP) is 5.79. The molecule has 2 aromatic carbocycles. The molecule has 0 radical (unpaired) electrons. The van der Waals surface area contributed by atoms with Gasteiger partial charge in [-0.05, 0) is 44.2 Å². The van der Waals surface area contributed by atoms with E-state index in [1.165, 1.54) is 12.1 Å². The normalized spacial score (nSPS) is 19.1. The summed E-state index contributed by atoms with van der Waals surface area (Å²) in [4.78, 5) is 32.1. The maximum atomic E-state index is 14.0. The molecule has 1 fully saturated rings. The van der Waals surface area contributed by atoms with E-state index < -0.39 is 11.4 Å². The molecule has 43 heavy (non-hydrogen) atoms. The summed E-state index contributed by atoms with van der Waals surface area (Å²) in [6, 6.07) is 15.5. The van der Waals surface area contributed by atoms with Crippen LogP contribution >= 0.6 is 0 Å². The van der Waals surface area contributed by atoms with Gasteiger partial charge in [0.1, 0.15) is 17.7 Å². The SMILES string of the molecule is Cc1ccc(-n2nc(C(C)(C)C)cc2NC(=O)NC2(C)C=CC(OC3CCN(C(=O)c4ccccc4F)CC3)=NC2)cc1. The minimum Gasteiger partial charge on any atom is -0.474 e. The van der Waals surface area contributed by atoms with E-state index in [-0.39, 0.29) is 29.0 Å². The summed E-state index contributed by atoms with van der Waals surface area (Å²) in [7, 11) is 0. The Morgan fingerprint density at radius 2 is 1.77 bits per heavy atom. The Morgan fingerprint density at radius 1 is 1.07 bits per heavy atom. The zero-order valence-electron chi connectivity index (χ0n) is 25.4. The van der Waals surface area contributed by atoms with Gasteiger partial charge < -0.3 is 15.0 Å². The number of dihydropyridines is 1. The van der Waals surface area contributed by atoms with Crippen molar-refractivity contribution in [3.63, 3.8) is 0 Å². The molecule has 1 atom stereocenters. The molecule has 1 aromatic heterocycles. The van der Waals surface area contributed by atoms with Gasteiger partial charge in [-0.3, -0.25) is 10.1 Å². The number of halogens is 1. The Labute approximate surface area is 251 Å². The van der Waals surface area contributed by atoms with Crippen LogP contribution in [0.1, 0.15) is 62.2 Å². The van der Waals surface area contributed by atoms with Crippen molar-refractivity contribution in [1.82, 2.24) is 20.0 Å². The van der Waals surface area contributed by atoms with Crippen molar-refractivity contribution in [3.05, 3.63) is 89.4 Å². The number of hydrogen-bond donors (Lipinski definition) is 2. The lowest BCUT2D eigenvalue weighted by molar-refractivity contribution is 0.0571. The first-order valence-electron chi connectivity index (χ1n) is 14.6. The fourth-order valence-corrected chi connectivity index (χ4v) is 5.04. The molecular weight excluding hydrogens is 547 g/mol. The summed E-state index contributed by atoms with van der Waals surface area (Å²) in [5.41, 5.74) is 2.04. The number of carbonyl (C=O) groups is 2. The third kappa shape index (κ3) is 7.13. The van der Waals surface area contributed by atoms with E-state index in [1.807, 2.05) is 50.3 Å². The molecule has 2 N–H and O–H groups in total. The molecule has 3 aromatic rings. The molecule has 0 bridgehead atoms. The lowest BCUT2D eigenvalue weighted by Gasteiger charge is -2.33. The fraction of sp³-hybridized carbons (Fsp3) is 0.394. The average Bonchev–Trinajstić information content (AvgIpc) is 3.39. The van der Waals surface area contributed by atoms with Crippen LogP contribution < -0.4 is 10.6 Å². The molecular formula is C33H39FN6O3. The second kappa shape index (κ2) is 12.0. The topological polar surface area (TPSA) is 101 Å². The van der Waals surface area contributed by atoms with Crippen LogP contribution in [0.25, 0.3) is 5.69 Å². The Hall–Kier alpha value is -4.47. The van der Waals surface area contributed by atoms with Crippen LogP contribution in [0.5, 0.6) is 0 Å². The van der Waals surface area contributed by atoms with E-state index in [1.54, 1.807) is 27.8 Å². The molecule has 3 amide bonds. The predicted molar refractivity (Wildman–Crippen MR) is 165 cm³/mol. The number of hydrogen-bond acceptors (Lipinski definition) is 5. The third-order valence-electron chi connectivity index (χ3n) is 7.68. The van der Waals surface area contributed by atoms with Gasteiger partial charge in [-0.25, -0.2) is 18.9 Å². The molecule has 9 nitrogen and oxygen atoms in total. The number of nitrogens with zero attached hydrogens (tertiary/aromatic N) is 4. The number of urea groups is 1. The van der Waals surface area contributed by atoms with E-state index in [0.29, 0.717) is 44.2 Å². The molecule has 3 heterocycles. The van der Waals surface area contributed by atoms with Crippen LogP contribution in [0.4, 0.5) is 15.0 Å². The maximum absolute atomic E-state index is 14.0. The summed E-state index contributed by atoms with van der Waals surface area (Å²) in [5.74, 6) is 0.250. The van der Waals surface area contributed by atoms with Crippen LogP contribution in [0, 0.1) is 12.7 Å². The van der Waals surface area contributed by atoms with Gasteiger partial charge in [0.05, 0.1) is 29.0 Å². The first-order valence-corrected chi connectivity index (χ1v) is 14.6. The van der Waals surface area contributed by atoms with Gasteiger partial charge in [0.2, 0.25) is 5.90 Å². The Balaban J connectivity index is 1.16. The monoisotopic (exact) mass is 586 g/mol. The molecule has 0 saturated carbocycles. The van der Waals surface area contributed by atoms with E-state index in [4.69, 9.17) is 9.84 Å². The van der Waals surface area contributed by atoms with Gasteiger partial charge in [-0.15, -0.1) is 0 Å². The average molecular weight is 587 g/mol. The summed E-state index contributed by atoms with van der Waals surface area (Å²) < 4.78 is 21.9. The van der Waals surface area contributed by atoms with Crippen molar-refractivity contribution < 1.29 is 18.7 Å². The van der Waals surface area contributed by atoms with Gasteiger partial charge in [0.15, 0.2) is 0 Å². The van der Waals surface area contributed by atoms with Gasteiger partial charge in [0, 0.05) is 37.4 Å². The van der Waals surface area contributed by atoms with Crippen molar-refractivity contribution >= 4 is 23.7 Å². The minimum atomic E-state index is -0.714. The zero-order valence-corrected chi connectivity index (χ0v) is 25.4. The highest BCUT2D eigenvalue weighted by Gasteiger charge is 2.30. The van der Waals surface area contributed by atoms with Crippen LogP contribution in [-0.2, 0) is 10.2 Å². The van der Waals surface area contributed by atoms with Crippen molar-refractivity contribution in [2.75, 3.05) is 25.0 Å². The van der Waals surface area contributed by atoms with Crippen molar-refractivity contribution in [2.45, 2.75) is 64.5 Å². The van der Waals surface area contributed by atoms with Crippen molar-refractivity contribution in [2.24, 2.45) is 4.99 Å². The molecule has 2 aliphatic heterocycles. The number of rotatable bonds is 5. The second-order valence-corrected chi connectivity index (χ2v) is 12.5. The molecule has 10 heteroatoms. The second-order valence-electron chi connectivity index (χ2n) is 12.5. The number of aryl methyl sites for hydroxylation is 1.